The summed E-state index contributed by atoms with van der Waals surface area (Å²) in [5.41, 5.74) is 3.16. The molecule has 0 bridgehead atoms. The van der Waals surface area contributed by atoms with Crippen molar-refractivity contribution in [1.82, 2.24) is 4.90 Å². The van der Waals surface area contributed by atoms with Gasteiger partial charge in [-0.25, -0.2) is 4.79 Å². The molecule has 1 fully saturated rings. The van der Waals surface area contributed by atoms with Gasteiger partial charge in [-0.2, -0.15) is 0 Å². The Labute approximate surface area is 123 Å². The van der Waals surface area contributed by atoms with Crippen molar-refractivity contribution >= 4 is 27.6 Å². The molecule has 1 aromatic rings. The lowest BCUT2D eigenvalue weighted by Crippen LogP contribution is -2.40. The van der Waals surface area contributed by atoms with Crippen LogP contribution < -0.4 is 5.32 Å². The number of hydrogen-bond acceptors (Lipinski definition) is 1. The Kier molecular flexibility index (Phi) is 4.50. The van der Waals surface area contributed by atoms with Gasteiger partial charge in [0.05, 0.1) is 5.69 Å². The second-order valence-electron chi connectivity index (χ2n) is 5.54. The van der Waals surface area contributed by atoms with Crippen molar-refractivity contribution in [3.05, 3.63) is 27.7 Å². The molecule has 0 saturated carbocycles. The van der Waals surface area contributed by atoms with Gasteiger partial charge in [-0.1, -0.05) is 13.0 Å². The van der Waals surface area contributed by atoms with E-state index in [0.29, 0.717) is 0 Å². The van der Waals surface area contributed by atoms with Gasteiger partial charge >= 0.3 is 6.03 Å². The largest absolute Gasteiger partial charge is 0.325 e. The molecule has 0 aliphatic carbocycles. The lowest BCUT2D eigenvalue weighted by atomic mass is 10.00. The van der Waals surface area contributed by atoms with Gasteiger partial charge in [-0.15, -0.1) is 0 Å². The fraction of sp³-hybridized carbons (Fsp3) is 0.533. The van der Waals surface area contributed by atoms with Crippen molar-refractivity contribution in [2.24, 2.45) is 5.92 Å². The molecule has 0 spiro atoms. The van der Waals surface area contributed by atoms with E-state index in [0.717, 1.165) is 47.6 Å². The van der Waals surface area contributed by atoms with Crippen LogP contribution in [-0.4, -0.2) is 24.0 Å². The summed E-state index contributed by atoms with van der Waals surface area (Å²) in [5, 5.41) is 3.03. The van der Waals surface area contributed by atoms with E-state index in [1.807, 2.05) is 17.9 Å². The van der Waals surface area contributed by atoms with Crippen molar-refractivity contribution in [3.8, 4) is 0 Å². The van der Waals surface area contributed by atoms with Gasteiger partial charge in [0.2, 0.25) is 0 Å². The maximum Gasteiger partial charge on any atom is 0.321 e. The number of anilines is 1. The first-order chi connectivity index (χ1) is 8.97. The van der Waals surface area contributed by atoms with Crippen molar-refractivity contribution in [2.45, 2.75) is 33.6 Å². The number of benzene rings is 1. The van der Waals surface area contributed by atoms with Crippen LogP contribution in [0, 0.1) is 19.8 Å². The van der Waals surface area contributed by atoms with Gasteiger partial charge in [-0.3, -0.25) is 0 Å². The first kappa shape index (κ1) is 14.4. The van der Waals surface area contributed by atoms with Crippen LogP contribution in [0.5, 0.6) is 0 Å². The van der Waals surface area contributed by atoms with E-state index in [2.05, 4.69) is 41.2 Å². The van der Waals surface area contributed by atoms with Crippen molar-refractivity contribution < 1.29 is 4.79 Å². The highest BCUT2D eigenvalue weighted by Gasteiger charge is 2.21. The topological polar surface area (TPSA) is 32.3 Å². The van der Waals surface area contributed by atoms with E-state index in [9.17, 15) is 4.79 Å². The first-order valence-electron chi connectivity index (χ1n) is 6.80. The molecule has 104 valence electrons. The SMILES string of the molecule is Cc1cc(C)c(NC(=O)N2CCC(C)CC2)c(Br)c1. The van der Waals surface area contributed by atoms with Crippen LogP contribution in [0.1, 0.15) is 30.9 Å². The zero-order valence-electron chi connectivity index (χ0n) is 11.8. The van der Waals surface area contributed by atoms with Gasteiger partial charge in [0.25, 0.3) is 0 Å². The average Bonchev–Trinajstić information content (AvgIpc) is 2.34. The number of urea groups is 1. The second-order valence-corrected chi connectivity index (χ2v) is 6.39. The Morgan fingerprint density at radius 3 is 2.53 bits per heavy atom. The fourth-order valence-electron chi connectivity index (χ4n) is 2.47. The molecule has 4 heteroatoms. The van der Waals surface area contributed by atoms with Crippen LogP contribution in [0.15, 0.2) is 16.6 Å². The second kappa shape index (κ2) is 5.95. The monoisotopic (exact) mass is 324 g/mol. The van der Waals surface area contributed by atoms with Crippen LogP contribution in [0.2, 0.25) is 0 Å². The third-order valence-corrected chi connectivity index (χ3v) is 4.36. The zero-order valence-corrected chi connectivity index (χ0v) is 13.4. The summed E-state index contributed by atoms with van der Waals surface area (Å²) < 4.78 is 0.948. The van der Waals surface area contributed by atoms with Crippen molar-refractivity contribution in [2.75, 3.05) is 18.4 Å². The summed E-state index contributed by atoms with van der Waals surface area (Å²) in [6, 6.07) is 4.12. The Morgan fingerprint density at radius 1 is 1.32 bits per heavy atom. The van der Waals surface area contributed by atoms with Crippen LogP contribution in [0.25, 0.3) is 0 Å². The van der Waals surface area contributed by atoms with Gasteiger partial charge < -0.3 is 10.2 Å². The minimum absolute atomic E-state index is 0.0135. The number of halogens is 1. The predicted octanol–water partition coefficient (Wildman–Crippen LogP) is 4.33. The molecule has 1 N–H and O–H groups in total. The summed E-state index contributed by atoms with van der Waals surface area (Å²) in [6.45, 7) is 8.03. The number of nitrogens with zero attached hydrogens (tertiary/aromatic N) is 1. The Morgan fingerprint density at radius 2 is 1.95 bits per heavy atom. The van der Waals surface area contributed by atoms with E-state index >= 15 is 0 Å². The molecule has 1 aliphatic heterocycles. The molecule has 1 aliphatic rings. The molecule has 2 amide bonds. The molecule has 19 heavy (non-hydrogen) atoms. The highest BCUT2D eigenvalue weighted by Crippen LogP contribution is 2.28. The summed E-state index contributed by atoms with van der Waals surface area (Å²) in [4.78, 5) is 14.2. The van der Waals surface area contributed by atoms with Crippen LogP contribution >= 0.6 is 15.9 Å². The van der Waals surface area contributed by atoms with E-state index in [1.165, 1.54) is 5.56 Å². The van der Waals surface area contributed by atoms with Gasteiger partial charge in [0.1, 0.15) is 0 Å². The van der Waals surface area contributed by atoms with Crippen molar-refractivity contribution in [3.63, 3.8) is 0 Å². The number of nitrogens with one attached hydrogen (secondary N) is 1. The summed E-state index contributed by atoms with van der Waals surface area (Å²) in [6.07, 6.45) is 2.20. The van der Waals surface area contributed by atoms with Gasteiger partial charge in [-0.05, 0) is 65.7 Å². The lowest BCUT2D eigenvalue weighted by molar-refractivity contribution is 0.186. The molecule has 3 nitrogen and oxygen atoms in total. The predicted molar refractivity (Wildman–Crippen MR) is 82.6 cm³/mol. The molecule has 1 aromatic carbocycles. The summed E-state index contributed by atoms with van der Waals surface area (Å²) >= 11 is 3.53. The van der Waals surface area contributed by atoms with Crippen molar-refractivity contribution in [1.29, 1.82) is 0 Å². The smallest absolute Gasteiger partial charge is 0.321 e. The third-order valence-electron chi connectivity index (χ3n) is 3.73. The maximum atomic E-state index is 12.3. The lowest BCUT2D eigenvalue weighted by Gasteiger charge is -2.30. The molecule has 0 unspecified atom stereocenters. The zero-order chi connectivity index (χ0) is 14.0. The summed E-state index contributed by atoms with van der Waals surface area (Å²) in [5.74, 6) is 0.733. The van der Waals surface area contributed by atoms with E-state index in [1.54, 1.807) is 0 Å². The number of carbonyl (C=O) groups is 1. The highest BCUT2D eigenvalue weighted by molar-refractivity contribution is 9.10. The molecule has 0 radical (unpaired) electrons. The number of aryl methyl sites for hydroxylation is 2. The molecule has 1 saturated heterocycles. The maximum absolute atomic E-state index is 12.3. The van der Waals surface area contributed by atoms with Crippen LogP contribution in [0.4, 0.5) is 10.5 Å². The number of amides is 2. The molecule has 2 rings (SSSR count). The molecular weight excluding hydrogens is 304 g/mol. The van der Waals surface area contributed by atoms with Gasteiger partial charge in [0, 0.05) is 17.6 Å². The average molecular weight is 325 g/mol. The standard InChI is InChI=1S/C15H21BrN2O/c1-10-4-6-18(7-5-10)15(19)17-14-12(3)8-11(2)9-13(14)16/h8-10H,4-7H2,1-3H3,(H,17,19). The number of piperidine rings is 1. The molecule has 0 atom stereocenters. The van der Waals surface area contributed by atoms with E-state index in [-0.39, 0.29) is 6.03 Å². The van der Waals surface area contributed by atoms with E-state index < -0.39 is 0 Å². The Bertz CT molecular complexity index is 456. The van der Waals surface area contributed by atoms with Crippen LogP contribution in [0.3, 0.4) is 0 Å². The number of carbonyl (C=O) groups excluding carboxylic acids is 1. The minimum Gasteiger partial charge on any atom is -0.325 e. The molecule has 0 aromatic heterocycles. The quantitative estimate of drug-likeness (QED) is 0.819. The number of hydrogen-bond donors (Lipinski definition) is 1. The molecule has 1 heterocycles. The Balaban J connectivity index is 2.07. The third kappa shape index (κ3) is 3.50. The number of rotatable bonds is 1. The fourth-order valence-corrected chi connectivity index (χ4v) is 3.24. The summed E-state index contributed by atoms with van der Waals surface area (Å²) in [7, 11) is 0. The molecular formula is C15H21BrN2O. The number of likely N-dealkylation sites (tertiary alicyclic amines) is 1. The van der Waals surface area contributed by atoms with Crippen LogP contribution in [-0.2, 0) is 0 Å². The minimum atomic E-state index is 0.0135. The van der Waals surface area contributed by atoms with E-state index in [4.69, 9.17) is 0 Å². The first-order valence-corrected chi connectivity index (χ1v) is 7.59. The van der Waals surface area contributed by atoms with Gasteiger partial charge in [0.15, 0.2) is 0 Å². The Hall–Kier alpha value is -1.03. The normalized spacial score (nSPS) is 16.5. The highest BCUT2D eigenvalue weighted by atomic mass is 79.9.